The molecule has 1 aromatic carbocycles. The van der Waals surface area contributed by atoms with Gasteiger partial charge in [-0.15, -0.1) is 0 Å². The average Bonchev–Trinajstić information content (AvgIpc) is 3.17. The molecule has 2 aromatic rings. The van der Waals surface area contributed by atoms with E-state index in [2.05, 4.69) is 0 Å². The van der Waals surface area contributed by atoms with Crippen molar-refractivity contribution in [3.8, 4) is 0 Å². The van der Waals surface area contributed by atoms with Crippen molar-refractivity contribution < 1.29 is 18.6 Å². The van der Waals surface area contributed by atoms with E-state index < -0.39 is 35.5 Å². The summed E-state index contributed by atoms with van der Waals surface area (Å²) in [7, 11) is 0. The summed E-state index contributed by atoms with van der Waals surface area (Å²) in [6.07, 6.45) is 5.16. The van der Waals surface area contributed by atoms with E-state index in [9.17, 15) is 14.0 Å². The number of halogens is 3. The van der Waals surface area contributed by atoms with Gasteiger partial charge in [-0.05, 0) is 30.5 Å². The highest BCUT2D eigenvalue weighted by Crippen LogP contribution is 2.32. The van der Waals surface area contributed by atoms with Gasteiger partial charge in [0.05, 0.1) is 31.6 Å². The number of hydrogen-bond acceptors (Lipinski definition) is 5. The third-order valence-electron chi connectivity index (χ3n) is 5.93. The Hall–Kier alpha value is -1.71. The van der Waals surface area contributed by atoms with Crippen LogP contribution in [0.1, 0.15) is 50.3 Å². The normalized spacial score (nSPS) is 24.2. The van der Waals surface area contributed by atoms with Gasteiger partial charge in [0, 0.05) is 16.5 Å². The van der Waals surface area contributed by atoms with Crippen LogP contribution in [0.4, 0.5) is 4.39 Å². The second-order valence-corrected chi connectivity index (χ2v) is 9.03. The Kier molecular flexibility index (Phi) is 7.68. The van der Waals surface area contributed by atoms with Gasteiger partial charge in [-0.2, -0.15) is 4.39 Å². The minimum absolute atomic E-state index is 0.172. The van der Waals surface area contributed by atoms with Gasteiger partial charge in [0.15, 0.2) is 0 Å². The number of aromatic amines is 1. The number of hydrogen-bond donors (Lipinski definition) is 1. The van der Waals surface area contributed by atoms with Gasteiger partial charge < -0.3 is 14.2 Å². The standard InChI is InChI=1S/C22H25Cl2FN2O5/c23-14-7-6-13(16(24)8-14)11-31-18-9-20(27-10-17(25)21(28)26-22(27)29)32-19(18)12-30-15-4-2-1-3-5-15/h6-8,10,15,18-20H,1-5,9,11-12H2,(H,26,28,29)/t18-,19+,20+/m0/s1. The summed E-state index contributed by atoms with van der Waals surface area (Å²) in [6, 6.07) is 5.15. The number of aromatic nitrogens is 2. The fourth-order valence-corrected chi connectivity index (χ4v) is 4.63. The molecule has 4 rings (SSSR count). The quantitative estimate of drug-likeness (QED) is 0.633. The van der Waals surface area contributed by atoms with Crippen LogP contribution in [0.5, 0.6) is 0 Å². The molecule has 2 aliphatic rings. The lowest BCUT2D eigenvalue weighted by Crippen LogP contribution is -2.34. The van der Waals surface area contributed by atoms with Gasteiger partial charge >= 0.3 is 5.69 Å². The van der Waals surface area contributed by atoms with Gasteiger partial charge in [-0.3, -0.25) is 14.3 Å². The summed E-state index contributed by atoms with van der Waals surface area (Å²) in [5, 5.41) is 1.02. The number of H-pyrrole nitrogens is 1. The molecule has 0 spiro atoms. The van der Waals surface area contributed by atoms with Crippen molar-refractivity contribution in [1.82, 2.24) is 9.55 Å². The molecule has 0 bridgehead atoms. The van der Waals surface area contributed by atoms with E-state index in [4.69, 9.17) is 37.4 Å². The molecule has 2 heterocycles. The Balaban J connectivity index is 1.48. The van der Waals surface area contributed by atoms with Crippen molar-refractivity contribution in [1.29, 1.82) is 0 Å². The predicted octanol–water partition coefficient (Wildman–Crippen LogP) is 4.20. The maximum Gasteiger partial charge on any atom is 0.330 e. The van der Waals surface area contributed by atoms with Crippen LogP contribution in [-0.2, 0) is 20.8 Å². The van der Waals surface area contributed by atoms with Crippen LogP contribution < -0.4 is 11.2 Å². The van der Waals surface area contributed by atoms with Crippen LogP contribution in [0, 0.1) is 5.82 Å². The number of nitrogens with one attached hydrogen (secondary N) is 1. The van der Waals surface area contributed by atoms with Crippen molar-refractivity contribution in [2.24, 2.45) is 0 Å². The van der Waals surface area contributed by atoms with Crippen LogP contribution in [0.15, 0.2) is 34.0 Å². The molecule has 174 valence electrons. The topological polar surface area (TPSA) is 82.6 Å². The first-order valence-corrected chi connectivity index (χ1v) is 11.5. The molecule has 32 heavy (non-hydrogen) atoms. The Morgan fingerprint density at radius 3 is 2.69 bits per heavy atom. The Labute approximate surface area is 194 Å². The van der Waals surface area contributed by atoms with E-state index in [0.29, 0.717) is 16.7 Å². The minimum atomic E-state index is -1.06. The first kappa shape index (κ1) is 23.4. The lowest BCUT2D eigenvalue weighted by atomic mass is 9.98. The Morgan fingerprint density at radius 2 is 1.94 bits per heavy atom. The molecular formula is C22H25Cl2FN2O5. The molecule has 1 saturated heterocycles. The summed E-state index contributed by atoms with van der Waals surface area (Å²) < 4.78 is 33.1. The highest BCUT2D eigenvalue weighted by atomic mass is 35.5. The lowest BCUT2D eigenvalue weighted by molar-refractivity contribution is -0.0989. The molecule has 0 radical (unpaired) electrons. The van der Waals surface area contributed by atoms with E-state index in [1.807, 2.05) is 4.98 Å². The monoisotopic (exact) mass is 486 g/mol. The third kappa shape index (κ3) is 5.61. The van der Waals surface area contributed by atoms with Crippen molar-refractivity contribution in [2.75, 3.05) is 6.61 Å². The summed E-state index contributed by atoms with van der Waals surface area (Å²) >= 11 is 12.2. The fourth-order valence-electron chi connectivity index (χ4n) is 4.17. The first-order chi connectivity index (χ1) is 15.4. The third-order valence-corrected chi connectivity index (χ3v) is 6.52. The maximum atomic E-state index is 13.8. The van der Waals surface area contributed by atoms with Crippen LogP contribution in [0.3, 0.4) is 0 Å². The molecule has 7 nitrogen and oxygen atoms in total. The second-order valence-electron chi connectivity index (χ2n) is 8.19. The van der Waals surface area contributed by atoms with Gasteiger partial charge in [-0.25, -0.2) is 4.79 Å². The van der Waals surface area contributed by atoms with Gasteiger partial charge in [0.1, 0.15) is 12.3 Å². The number of rotatable bonds is 7. The van der Waals surface area contributed by atoms with Crippen LogP contribution in [-0.4, -0.2) is 34.5 Å². The average molecular weight is 487 g/mol. The zero-order valence-electron chi connectivity index (χ0n) is 17.4. The molecule has 1 saturated carbocycles. The summed E-state index contributed by atoms with van der Waals surface area (Å²) in [4.78, 5) is 25.6. The highest BCUT2D eigenvalue weighted by molar-refractivity contribution is 6.35. The second kappa shape index (κ2) is 10.5. The summed E-state index contributed by atoms with van der Waals surface area (Å²) in [5.41, 5.74) is -1.04. The number of nitrogens with zero attached hydrogens (tertiary/aromatic N) is 1. The van der Waals surface area contributed by atoms with Crippen LogP contribution in [0.25, 0.3) is 0 Å². The van der Waals surface area contributed by atoms with Crippen molar-refractivity contribution in [3.05, 3.63) is 66.7 Å². The van der Waals surface area contributed by atoms with E-state index in [-0.39, 0.29) is 19.1 Å². The van der Waals surface area contributed by atoms with E-state index >= 15 is 0 Å². The zero-order valence-corrected chi connectivity index (χ0v) is 18.9. The maximum absolute atomic E-state index is 13.8. The smallest absolute Gasteiger partial charge is 0.330 e. The largest absolute Gasteiger partial charge is 0.375 e. The highest BCUT2D eigenvalue weighted by Gasteiger charge is 2.38. The molecule has 10 heteroatoms. The number of ether oxygens (including phenoxy) is 3. The molecule has 1 aromatic heterocycles. The predicted molar refractivity (Wildman–Crippen MR) is 118 cm³/mol. The molecule has 0 amide bonds. The minimum Gasteiger partial charge on any atom is -0.375 e. The van der Waals surface area contributed by atoms with Gasteiger partial charge in [0.2, 0.25) is 5.82 Å². The Bertz CT molecular complexity index is 1050. The van der Waals surface area contributed by atoms with E-state index in [1.54, 1.807) is 18.2 Å². The first-order valence-electron chi connectivity index (χ1n) is 10.7. The van der Waals surface area contributed by atoms with Gasteiger partial charge in [0.25, 0.3) is 5.56 Å². The van der Waals surface area contributed by atoms with Crippen molar-refractivity contribution in [2.45, 2.75) is 69.7 Å². The van der Waals surface area contributed by atoms with Crippen molar-refractivity contribution in [3.63, 3.8) is 0 Å². The summed E-state index contributed by atoms with van der Waals surface area (Å²) in [5.74, 6) is -1.06. The molecule has 1 aliphatic carbocycles. The summed E-state index contributed by atoms with van der Waals surface area (Å²) in [6.45, 7) is 0.506. The van der Waals surface area contributed by atoms with Crippen molar-refractivity contribution >= 4 is 23.2 Å². The molecule has 1 aliphatic heterocycles. The molecule has 2 fully saturated rings. The van der Waals surface area contributed by atoms with E-state index in [0.717, 1.165) is 42.0 Å². The van der Waals surface area contributed by atoms with Crippen LogP contribution >= 0.6 is 23.2 Å². The van der Waals surface area contributed by atoms with Gasteiger partial charge in [-0.1, -0.05) is 48.5 Å². The zero-order chi connectivity index (χ0) is 22.7. The molecule has 1 N–H and O–H groups in total. The Morgan fingerprint density at radius 1 is 1.16 bits per heavy atom. The number of benzene rings is 1. The van der Waals surface area contributed by atoms with Crippen LogP contribution in [0.2, 0.25) is 10.0 Å². The molecular weight excluding hydrogens is 462 g/mol. The SMILES string of the molecule is O=c1[nH]c(=O)n([C@H]2C[C@H](OCc3ccc(Cl)cc3Cl)[C@@H](COC3CCCCC3)O2)cc1F. The molecule has 3 atom stereocenters. The van der Waals surface area contributed by atoms with E-state index in [1.165, 1.54) is 6.42 Å². The fraction of sp³-hybridized carbons (Fsp3) is 0.545. The molecule has 0 unspecified atom stereocenters. The lowest BCUT2D eigenvalue weighted by Gasteiger charge is -2.25.